The molecule has 1 aromatic carbocycles. The third-order valence-corrected chi connectivity index (χ3v) is 3.38. The minimum Gasteiger partial charge on any atom is -0.309 e. The number of alkyl halides is 1. The van der Waals surface area contributed by atoms with E-state index in [-0.39, 0.29) is 0 Å². The Balaban J connectivity index is 1.81. The van der Waals surface area contributed by atoms with E-state index < -0.39 is 6.30 Å². The van der Waals surface area contributed by atoms with E-state index in [1.54, 1.807) is 0 Å². The highest BCUT2D eigenvalue weighted by molar-refractivity contribution is 5.18. The molecule has 1 unspecified atom stereocenters. The van der Waals surface area contributed by atoms with Gasteiger partial charge in [0, 0.05) is 26.1 Å². The zero-order valence-electron chi connectivity index (χ0n) is 10.9. The van der Waals surface area contributed by atoms with Gasteiger partial charge in [-0.2, -0.15) is 0 Å². The Morgan fingerprint density at radius 1 is 1.39 bits per heavy atom. The second-order valence-electron chi connectivity index (χ2n) is 4.85. The van der Waals surface area contributed by atoms with E-state index in [2.05, 4.69) is 29.7 Å². The molecular formula is C15H21FN2. The highest BCUT2D eigenvalue weighted by atomic mass is 19.1. The minimum atomic E-state index is -0.863. The van der Waals surface area contributed by atoms with Crippen LogP contribution in [0.3, 0.4) is 0 Å². The van der Waals surface area contributed by atoms with Crippen LogP contribution in [0.15, 0.2) is 41.5 Å². The molecule has 0 saturated carbocycles. The fraction of sp³-hybridized carbons (Fsp3) is 0.467. The van der Waals surface area contributed by atoms with Gasteiger partial charge in [0.15, 0.2) is 6.30 Å². The topological polar surface area (TPSA) is 24.1 Å². The maximum Gasteiger partial charge on any atom is 0.154 e. The molecule has 0 aliphatic carbocycles. The van der Waals surface area contributed by atoms with Crippen molar-refractivity contribution < 1.29 is 4.39 Å². The zero-order chi connectivity index (χ0) is 12.8. The molecule has 0 radical (unpaired) electrons. The van der Waals surface area contributed by atoms with E-state index in [9.17, 15) is 4.39 Å². The number of hydrogen-bond acceptors (Lipinski definition) is 2. The van der Waals surface area contributed by atoms with Gasteiger partial charge in [0.25, 0.3) is 0 Å². The first-order valence-corrected chi connectivity index (χ1v) is 6.55. The molecule has 1 heterocycles. The van der Waals surface area contributed by atoms with Crippen molar-refractivity contribution in [3.8, 4) is 0 Å². The van der Waals surface area contributed by atoms with Crippen LogP contribution in [0.1, 0.15) is 25.3 Å². The van der Waals surface area contributed by atoms with Crippen LogP contribution in [0.5, 0.6) is 0 Å². The SMILES string of the molecule is CC(CNCc1ccccc1)=C1CCNC(F)C1. The summed E-state index contributed by atoms with van der Waals surface area (Å²) >= 11 is 0. The second kappa shape index (κ2) is 6.66. The summed E-state index contributed by atoms with van der Waals surface area (Å²) in [6, 6.07) is 10.3. The van der Waals surface area contributed by atoms with Crippen LogP contribution in [0, 0.1) is 0 Å². The van der Waals surface area contributed by atoms with Crippen molar-refractivity contribution >= 4 is 0 Å². The van der Waals surface area contributed by atoms with Crippen molar-refractivity contribution in [2.24, 2.45) is 0 Å². The summed E-state index contributed by atoms with van der Waals surface area (Å²) in [6.45, 7) is 4.57. The van der Waals surface area contributed by atoms with Gasteiger partial charge in [-0.15, -0.1) is 0 Å². The van der Waals surface area contributed by atoms with E-state index in [0.29, 0.717) is 6.42 Å². The molecule has 0 bridgehead atoms. The quantitative estimate of drug-likeness (QED) is 0.632. The molecular weight excluding hydrogens is 227 g/mol. The van der Waals surface area contributed by atoms with Crippen molar-refractivity contribution in [3.05, 3.63) is 47.0 Å². The van der Waals surface area contributed by atoms with Crippen LogP contribution in [0.2, 0.25) is 0 Å². The predicted octanol–water partition coefficient (Wildman–Crippen LogP) is 2.77. The number of hydrogen-bond donors (Lipinski definition) is 2. The van der Waals surface area contributed by atoms with Gasteiger partial charge in [-0.1, -0.05) is 41.5 Å². The van der Waals surface area contributed by atoms with E-state index in [4.69, 9.17) is 0 Å². The number of piperidine rings is 1. The molecule has 0 aromatic heterocycles. The van der Waals surface area contributed by atoms with E-state index in [0.717, 1.165) is 26.1 Å². The first-order chi connectivity index (χ1) is 8.75. The summed E-state index contributed by atoms with van der Waals surface area (Å²) in [5.74, 6) is 0. The fourth-order valence-electron chi connectivity index (χ4n) is 2.27. The van der Waals surface area contributed by atoms with Crippen molar-refractivity contribution in [2.75, 3.05) is 13.1 Å². The highest BCUT2D eigenvalue weighted by Crippen LogP contribution is 2.19. The summed E-state index contributed by atoms with van der Waals surface area (Å²) in [4.78, 5) is 0. The van der Waals surface area contributed by atoms with Crippen LogP contribution in [0.4, 0.5) is 4.39 Å². The Morgan fingerprint density at radius 3 is 2.89 bits per heavy atom. The second-order valence-corrected chi connectivity index (χ2v) is 4.85. The van der Waals surface area contributed by atoms with Gasteiger partial charge in [-0.25, -0.2) is 4.39 Å². The monoisotopic (exact) mass is 248 g/mol. The van der Waals surface area contributed by atoms with E-state index in [1.807, 2.05) is 18.2 Å². The third kappa shape index (κ3) is 3.93. The molecule has 18 heavy (non-hydrogen) atoms. The first kappa shape index (κ1) is 13.2. The number of halogens is 1. The maximum absolute atomic E-state index is 13.2. The van der Waals surface area contributed by atoms with Crippen LogP contribution in [0.25, 0.3) is 0 Å². The van der Waals surface area contributed by atoms with E-state index in [1.165, 1.54) is 16.7 Å². The van der Waals surface area contributed by atoms with Crippen molar-refractivity contribution in [1.82, 2.24) is 10.6 Å². The Bertz CT molecular complexity index is 400. The molecule has 2 N–H and O–H groups in total. The fourth-order valence-corrected chi connectivity index (χ4v) is 2.27. The van der Waals surface area contributed by atoms with Gasteiger partial charge >= 0.3 is 0 Å². The van der Waals surface area contributed by atoms with Crippen LogP contribution in [-0.4, -0.2) is 19.4 Å². The maximum atomic E-state index is 13.2. The van der Waals surface area contributed by atoms with Crippen LogP contribution in [-0.2, 0) is 6.54 Å². The molecule has 1 fully saturated rings. The number of benzene rings is 1. The van der Waals surface area contributed by atoms with Gasteiger partial charge in [0.1, 0.15) is 0 Å². The summed E-state index contributed by atoms with van der Waals surface area (Å²) in [7, 11) is 0. The lowest BCUT2D eigenvalue weighted by atomic mass is 9.99. The Hall–Kier alpha value is -1.19. The summed E-state index contributed by atoms with van der Waals surface area (Å²) in [5.41, 5.74) is 3.83. The van der Waals surface area contributed by atoms with Crippen molar-refractivity contribution in [3.63, 3.8) is 0 Å². The molecule has 1 aliphatic rings. The number of rotatable bonds is 4. The molecule has 98 valence electrons. The molecule has 1 atom stereocenters. The standard InChI is InChI=1S/C15H21FN2/c1-12(14-7-8-18-15(16)9-14)10-17-11-13-5-3-2-4-6-13/h2-6,15,17-18H,7-11H2,1H3. The van der Waals surface area contributed by atoms with Gasteiger partial charge in [0.05, 0.1) is 0 Å². The third-order valence-electron chi connectivity index (χ3n) is 3.38. The smallest absolute Gasteiger partial charge is 0.154 e. The summed E-state index contributed by atoms with van der Waals surface area (Å²) in [5, 5.41) is 6.24. The van der Waals surface area contributed by atoms with Crippen molar-refractivity contribution in [2.45, 2.75) is 32.6 Å². The van der Waals surface area contributed by atoms with Crippen LogP contribution < -0.4 is 10.6 Å². The van der Waals surface area contributed by atoms with Gasteiger partial charge in [0.2, 0.25) is 0 Å². The zero-order valence-corrected chi connectivity index (χ0v) is 10.9. The lowest BCUT2D eigenvalue weighted by Gasteiger charge is -2.22. The minimum absolute atomic E-state index is 0.541. The largest absolute Gasteiger partial charge is 0.309 e. The molecule has 2 rings (SSSR count). The number of nitrogens with one attached hydrogen (secondary N) is 2. The Morgan fingerprint density at radius 2 is 2.17 bits per heavy atom. The average Bonchev–Trinajstić information content (AvgIpc) is 2.40. The van der Waals surface area contributed by atoms with Crippen molar-refractivity contribution in [1.29, 1.82) is 0 Å². The van der Waals surface area contributed by atoms with Gasteiger partial charge in [-0.3, -0.25) is 5.32 Å². The lowest BCUT2D eigenvalue weighted by Crippen LogP contribution is -2.32. The highest BCUT2D eigenvalue weighted by Gasteiger charge is 2.16. The van der Waals surface area contributed by atoms with E-state index >= 15 is 0 Å². The summed E-state index contributed by atoms with van der Waals surface area (Å²) < 4.78 is 13.2. The normalized spacial score (nSPS) is 22.9. The molecule has 1 aliphatic heterocycles. The lowest BCUT2D eigenvalue weighted by molar-refractivity contribution is 0.252. The first-order valence-electron chi connectivity index (χ1n) is 6.55. The van der Waals surface area contributed by atoms with Gasteiger partial charge < -0.3 is 5.32 Å². The molecule has 1 saturated heterocycles. The molecule has 3 heteroatoms. The molecule has 2 nitrogen and oxygen atoms in total. The van der Waals surface area contributed by atoms with Gasteiger partial charge in [-0.05, 0) is 18.9 Å². The molecule has 0 amide bonds. The molecule has 0 spiro atoms. The Labute approximate surface area is 108 Å². The Kier molecular flexibility index (Phi) is 4.90. The average molecular weight is 248 g/mol. The van der Waals surface area contributed by atoms with Crippen LogP contribution >= 0.6 is 0 Å². The summed E-state index contributed by atoms with van der Waals surface area (Å²) in [6.07, 6.45) is 0.649. The predicted molar refractivity (Wildman–Crippen MR) is 73.0 cm³/mol. The molecule has 1 aromatic rings.